The summed E-state index contributed by atoms with van der Waals surface area (Å²) < 4.78 is 32.5. The Bertz CT molecular complexity index is 932. The first-order chi connectivity index (χ1) is 13.7. The van der Waals surface area contributed by atoms with Gasteiger partial charge < -0.3 is 9.84 Å². The number of halogens is 1. The van der Waals surface area contributed by atoms with E-state index in [-0.39, 0.29) is 11.5 Å². The quantitative estimate of drug-likeness (QED) is 0.506. The molecule has 0 amide bonds. The van der Waals surface area contributed by atoms with E-state index < -0.39 is 16.0 Å². The monoisotopic (exact) mass is 457 g/mol. The lowest BCUT2D eigenvalue weighted by Crippen LogP contribution is -2.33. The normalized spacial score (nSPS) is 11.6. The molecule has 0 heterocycles. The summed E-state index contributed by atoms with van der Waals surface area (Å²) in [6.45, 7) is 4.21. The summed E-state index contributed by atoms with van der Waals surface area (Å²) in [5.41, 5.74) is 0.829. The van der Waals surface area contributed by atoms with Gasteiger partial charge in [-0.25, -0.2) is 13.2 Å². The van der Waals surface area contributed by atoms with E-state index in [1.165, 1.54) is 28.2 Å². The Morgan fingerprint density at radius 3 is 2.45 bits per heavy atom. The molecule has 2 aromatic carbocycles. The van der Waals surface area contributed by atoms with Crippen LogP contribution in [-0.2, 0) is 14.8 Å². The summed E-state index contributed by atoms with van der Waals surface area (Å²) in [6.07, 6.45) is 0.714. The summed E-state index contributed by atoms with van der Waals surface area (Å²) in [5, 5.41) is 9.20. The maximum Gasteiger partial charge on any atom is 0.341 e. The van der Waals surface area contributed by atoms with E-state index in [1.54, 1.807) is 18.2 Å². The van der Waals surface area contributed by atoms with Gasteiger partial charge in [0.05, 0.1) is 4.90 Å². The van der Waals surface area contributed by atoms with E-state index in [0.29, 0.717) is 36.0 Å². The van der Waals surface area contributed by atoms with Crippen LogP contribution in [0.3, 0.4) is 0 Å². The minimum atomic E-state index is -3.58. The Morgan fingerprint density at radius 1 is 1.17 bits per heavy atom. The van der Waals surface area contributed by atoms with Gasteiger partial charge in [-0.15, -0.1) is 11.8 Å². The maximum absolute atomic E-state index is 12.9. The highest BCUT2D eigenvalue weighted by molar-refractivity contribution is 7.99. The van der Waals surface area contributed by atoms with Crippen LogP contribution < -0.4 is 4.74 Å². The first-order valence-electron chi connectivity index (χ1n) is 9.07. The number of carbonyl (C=O) groups is 1. The third kappa shape index (κ3) is 6.92. The van der Waals surface area contributed by atoms with Gasteiger partial charge in [-0.1, -0.05) is 18.5 Å². The standard InChI is InChI=1S/C20H24ClNO5S2/c1-3-10-22(29(25,26)18-7-4-16(21)5-8-18)11-12-28-17-6-9-19(15(2)13-17)27-14-20(23)24/h4-9,13H,3,10-12,14H2,1-2H3,(H,23,24). The van der Waals surface area contributed by atoms with E-state index in [4.69, 9.17) is 21.4 Å². The summed E-state index contributed by atoms with van der Waals surface area (Å²) in [4.78, 5) is 11.8. The van der Waals surface area contributed by atoms with Crippen molar-refractivity contribution in [2.24, 2.45) is 0 Å². The number of hydrogen-bond acceptors (Lipinski definition) is 5. The molecule has 0 aliphatic carbocycles. The van der Waals surface area contributed by atoms with Crippen molar-refractivity contribution in [2.45, 2.75) is 30.1 Å². The molecule has 158 valence electrons. The summed E-state index contributed by atoms with van der Waals surface area (Å²) in [7, 11) is -3.58. The van der Waals surface area contributed by atoms with Crippen LogP contribution in [-0.4, -0.2) is 49.2 Å². The highest BCUT2D eigenvalue weighted by atomic mass is 35.5. The number of benzene rings is 2. The number of nitrogens with zero attached hydrogens (tertiary/aromatic N) is 1. The number of rotatable bonds is 11. The van der Waals surface area contributed by atoms with Crippen molar-refractivity contribution in [2.75, 3.05) is 25.4 Å². The van der Waals surface area contributed by atoms with E-state index in [0.717, 1.165) is 10.5 Å². The number of ether oxygens (including phenoxy) is 1. The summed E-state index contributed by atoms with van der Waals surface area (Å²) in [6, 6.07) is 11.7. The van der Waals surface area contributed by atoms with E-state index in [9.17, 15) is 13.2 Å². The predicted octanol–water partition coefficient (Wildman–Crippen LogP) is 4.30. The van der Waals surface area contributed by atoms with Crippen molar-refractivity contribution in [1.29, 1.82) is 0 Å². The number of sulfonamides is 1. The largest absolute Gasteiger partial charge is 0.482 e. The Morgan fingerprint density at radius 2 is 1.86 bits per heavy atom. The fourth-order valence-corrected chi connectivity index (χ4v) is 5.38. The topological polar surface area (TPSA) is 83.9 Å². The third-order valence-electron chi connectivity index (χ3n) is 4.03. The molecular formula is C20H24ClNO5S2. The Balaban J connectivity index is 2.01. The van der Waals surface area contributed by atoms with Crippen molar-refractivity contribution in [3.63, 3.8) is 0 Å². The SMILES string of the molecule is CCCN(CCSc1ccc(OCC(=O)O)c(C)c1)S(=O)(=O)c1ccc(Cl)cc1. The van der Waals surface area contributed by atoms with Gasteiger partial charge >= 0.3 is 5.97 Å². The van der Waals surface area contributed by atoms with E-state index in [2.05, 4.69) is 0 Å². The van der Waals surface area contributed by atoms with Crippen LogP contribution in [0.25, 0.3) is 0 Å². The Labute approximate surface area is 180 Å². The fourth-order valence-electron chi connectivity index (χ4n) is 2.64. The number of aliphatic carboxylic acids is 1. The van der Waals surface area contributed by atoms with Crippen LogP contribution in [0.4, 0.5) is 0 Å². The van der Waals surface area contributed by atoms with Crippen LogP contribution in [0.5, 0.6) is 5.75 Å². The molecule has 2 rings (SSSR count). The van der Waals surface area contributed by atoms with Crippen molar-refractivity contribution >= 4 is 39.4 Å². The summed E-state index contributed by atoms with van der Waals surface area (Å²) in [5.74, 6) is 0.0807. The predicted molar refractivity (Wildman–Crippen MR) is 116 cm³/mol. The zero-order valence-corrected chi connectivity index (χ0v) is 18.7. The molecule has 0 spiro atoms. The van der Waals surface area contributed by atoms with Gasteiger partial charge in [0.2, 0.25) is 10.0 Å². The number of aryl methyl sites for hydroxylation is 1. The molecular weight excluding hydrogens is 434 g/mol. The van der Waals surface area contributed by atoms with Gasteiger partial charge in [0, 0.05) is 28.8 Å². The van der Waals surface area contributed by atoms with Gasteiger partial charge in [-0.05, 0) is 61.4 Å². The van der Waals surface area contributed by atoms with Gasteiger partial charge in [0.25, 0.3) is 0 Å². The molecule has 0 radical (unpaired) electrons. The lowest BCUT2D eigenvalue weighted by molar-refractivity contribution is -0.139. The number of hydrogen-bond donors (Lipinski definition) is 1. The van der Waals surface area contributed by atoms with Gasteiger partial charge in [-0.3, -0.25) is 0 Å². The van der Waals surface area contributed by atoms with Crippen LogP contribution in [0.1, 0.15) is 18.9 Å². The summed E-state index contributed by atoms with van der Waals surface area (Å²) >= 11 is 7.40. The van der Waals surface area contributed by atoms with Crippen LogP contribution >= 0.6 is 23.4 Å². The van der Waals surface area contributed by atoms with Crippen molar-refractivity contribution in [3.05, 3.63) is 53.1 Å². The van der Waals surface area contributed by atoms with Crippen LogP contribution in [0.2, 0.25) is 5.02 Å². The minimum Gasteiger partial charge on any atom is -0.482 e. The maximum atomic E-state index is 12.9. The highest BCUT2D eigenvalue weighted by Gasteiger charge is 2.23. The van der Waals surface area contributed by atoms with Gasteiger partial charge in [0.15, 0.2) is 6.61 Å². The Hall–Kier alpha value is -1.74. The lowest BCUT2D eigenvalue weighted by atomic mass is 10.2. The lowest BCUT2D eigenvalue weighted by Gasteiger charge is -2.21. The van der Waals surface area contributed by atoms with E-state index >= 15 is 0 Å². The second-order valence-electron chi connectivity index (χ2n) is 6.32. The molecule has 2 aromatic rings. The second-order valence-corrected chi connectivity index (χ2v) is 9.86. The molecule has 0 unspecified atom stereocenters. The second kappa shape index (κ2) is 10.9. The molecule has 1 N–H and O–H groups in total. The molecule has 0 fully saturated rings. The van der Waals surface area contributed by atoms with Crippen LogP contribution in [0.15, 0.2) is 52.3 Å². The van der Waals surface area contributed by atoms with Gasteiger partial charge in [-0.2, -0.15) is 4.31 Å². The number of thioether (sulfide) groups is 1. The fraction of sp³-hybridized carbons (Fsp3) is 0.350. The molecule has 0 aliphatic heterocycles. The molecule has 0 bridgehead atoms. The Kier molecular flexibility index (Phi) is 8.82. The van der Waals surface area contributed by atoms with Crippen LogP contribution in [0, 0.1) is 6.92 Å². The third-order valence-corrected chi connectivity index (χ3v) is 7.17. The molecule has 6 nitrogen and oxygen atoms in total. The smallest absolute Gasteiger partial charge is 0.341 e. The molecule has 0 atom stereocenters. The molecule has 0 saturated heterocycles. The molecule has 0 aliphatic rings. The number of carboxylic acids is 1. The average molecular weight is 458 g/mol. The number of carboxylic acid groups (broad SMARTS) is 1. The zero-order valence-electron chi connectivity index (χ0n) is 16.3. The van der Waals surface area contributed by atoms with Crippen molar-refractivity contribution in [1.82, 2.24) is 4.31 Å². The van der Waals surface area contributed by atoms with Crippen molar-refractivity contribution in [3.8, 4) is 5.75 Å². The van der Waals surface area contributed by atoms with Crippen molar-refractivity contribution < 1.29 is 23.1 Å². The van der Waals surface area contributed by atoms with E-state index in [1.807, 2.05) is 26.0 Å². The molecule has 0 saturated carbocycles. The molecule has 29 heavy (non-hydrogen) atoms. The minimum absolute atomic E-state index is 0.233. The first kappa shape index (κ1) is 23.5. The average Bonchev–Trinajstić information content (AvgIpc) is 2.67. The highest BCUT2D eigenvalue weighted by Crippen LogP contribution is 2.26. The molecule has 9 heteroatoms. The first-order valence-corrected chi connectivity index (χ1v) is 11.9. The van der Waals surface area contributed by atoms with Gasteiger partial charge in [0.1, 0.15) is 5.75 Å². The molecule has 0 aromatic heterocycles. The zero-order chi connectivity index (χ0) is 21.4.